The Morgan fingerprint density at radius 2 is 2.07 bits per heavy atom. The minimum absolute atomic E-state index is 0.0441. The molecule has 1 heterocycles. The fourth-order valence-electron chi connectivity index (χ4n) is 2.09. The number of nitrogens with one attached hydrogen (secondary N) is 1. The summed E-state index contributed by atoms with van der Waals surface area (Å²) in [5, 5.41) is 0.537. The van der Waals surface area contributed by atoms with E-state index in [0.717, 1.165) is 24.1 Å². The second kappa shape index (κ2) is 4.62. The molecule has 1 rings (SSSR count). The van der Waals surface area contributed by atoms with Crippen molar-refractivity contribution in [3.8, 4) is 0 Å². The normalized spacial score (nSPS) is 11.8. The molecule has 1 aromatic rings. The van der Waals surface area contributed by atoms with Crippen LogP contribution < -0.4 is 0 Å². The molecule has 0 aliphatic carbocycles. The van der Waals surface area contributed by atoms with Crippen molar-refractivity contribution in [1.29, 1.82) is 0 Å². The van der Waals surface area contributed by atoms with Gasteiger partial charge in [0, 0.05) is 11.3 Å². The van der Waals surface area contributed by atoms with Crippen molar-refractivity contribution in [3.05, 3.63) is 21.2 Å². The summed E-state index contributed by atoms with van der Waals surface area (Å²) < 4.78 is 0.452. The van der Waals surface area contributed by atoms with Crippen molar-refractivity contribution in [1.82, 2.24) is 9.97 Å². The van der Waals surface area contributed by atoms with Crippen LogP contribution >= 0.6 is 23.8 Å². The number of hydrogen-bond donors (Lipinski definition) is 1. The number of aromatic nitrogens is 2. The Balaban J connectivity index is 3.31. The highest BCUT2D eigenvalue weighted by Gasteiger charge is 2.25. The van der Waals surface area contributed by atoms with E-state index < -0.39 is 0 Å². The molecule has 1 N–H and O–H groups in total. The number of nitrogens with zero attached hydrogens (tertiary/aromatic N) is 1. The summed E-state index contributed by atoms with van der Waals surface area (Å²) in [5.41, 5.74) is 2.15. The monoisotopic (exact) mass is 244 g/mol. The van der Waals surface area contributed by atoms with E-state index >= 15 is 0 Å². The van der Waals surface area contributed by atoms with Crippen LogP contribution in [-0.4, -0.2) is 9.97 Å². The summed E-state index contributed by atoms with van der Waals surface area (Å²) in [7, 11) is 0. The molecule has 1 aromatic heterocycles. The van der Waals surface area contributed by atoms with Gasteiger partial charge in [-0.05, 0) is 31.0 Å². The zero-order valence-electron chi connectivity index (χ0n) is 9.65. The van der Waals surface area contributed by atoms with Crippen LogP contribution in [0.25, 0.3) is 0 Å². The smallest absolute Gasteiger partial charge is 0.198 e. The third-order valence-electron chi connectivity index (χ3n) is 2.63. The first-order valence-electron chi connectivity index (χ1n) is 5.15. The minimum atomic E-state index is 0.0441. The highest BCUT2D eigenvalue weighted by atomic mass is 35.5. The molecule has 0 saturated heterocycles. The Hall–Kier alpha value is -0.410. The van der Waals surface area contributed by atoms with Gasteiger partial charge in [0.1, 0.15) is 5.15 Å². The molecular formula is C11H17ClN2S. The Bertz CT molecular complexity index is 383. The van der Waals surface area contributed by atoms with Crippen molar-refractivity contribution < 1.29 is 0 Å². The number of aromatic amines is 1. The molecule has 0 bridgehead atoms. The Morgan fingerprint density at radius 3 is 2.53 bits per heavy atom. The fourth-order valence-corrected chi connectivity index (χ4v) is 2.86. The molecule has 15 heavy (non-hydrogen) atoms. The number of halogens is 1. The van der Waals surface area contributed by atoms with Crippen LogP contribution in [0.3, 0.4) is 0 Å². The highest BCUT2D eigenvalue weighted by Crippen LogP contribution is 2.34. The van der Waals surface area contributed by atoms with Gasteiger partial charge in [-0.25, -0.2) is 4.98 Å². The van der Waals surface area contributed by atoms with Crippen molar-refractivity contribution in [3.63, 3.8) is 0 Å². The van der Waals surface area contributed by atoms with E-state index in [2.05, 4.69) is 30.7 Å². The lowest BCUT2D eigenvalue weighted by atomic mass is 9.80. The van der Waals surface area contributed by atoms with Crippen molar-refractivity contribution in [2.75, 3.05) is 0 Å². The molecule has 0 saturated carbocycles. The average Bonchev–Trinajstić information content (AvgIpc) is 1.99. The lowest BCUT2D eigenvalue weighted by Gasteiger charge is -2.26. The summed E-state index contributed by atoms with van der Waals surface area (Å²) in [6, 6.07) is 0. The lowest BCUT2D eigenvalue weighted by Crippen LogP contribution is -2.20. The highest BCUT2D eigenvalue weighted by molar-refractivity contribution is 7.71. The molecule has 84 valence electrons. The largest absolute Gasteiger partial charge is 0.334 e. The number of rotatable bonds is 3. The predicted octanol–water partition coefficient (Wildman–Crippen LogP) is 4.18. The van der Waals surface area contributed by atoms with Gasteiger partial charge in [0.05, 0.1) is 0 Å². The first kappa shape index (κ1) is 12.7. The molecule has 0 aliphatic rings. The summed E-state index contributed by atoms with van der Waals surface area (Å²) >= 11 is 11.1. The zero-order chi connectivity index (χ0) is 11.6. The van der Waals surface area contributed by atoms with E-state index in [1.807, 2.05) is 6.92 Å². The average molecular weight is 245 g/mol. The predicted molar refractivity (Wildman–Crippen MR) is 67.1 cm³/mol. The van der Waals surface area contributed by atoms with E-state index in [9.17, 15) is 0 Å². The third-order valence-corrected chi connectivity index (χ3v) is 3.09. The van der Waals surface area contributed by atoms with Crippen LogP contribution in [0.4, 0.5) is 0 Å². The molecule has 0 amide bonds. The van der Waals surface area contributed by atoms with Gasteiger partial charge in [0.2, 0.25) is 0 Å². The van der Waals surface area contributed by atoms with Crippen molar-refractivity contribution >= 4 is 23.8 Å². The quantitative estimate of drug-likeness (QED) is 0.638. The van der Waals surface area contributed by atoms with E-state index in [0.29, 0.717) is 9.92 Å². The zero-order valence-corrected chi connectivity index (χ0v) is 11.2. The lowest BCUT2D eigenvalue weighted by molar-refractivity contribution is 0.466. The van der Waals surface area contributed by atoms with Gasteiger partial charge in [-0.1, -0.05) is 38.8 Å². The van der Waals surface area contributed by atoms with Gasteiger partial charge < -0.3 is 4.98 Å². The van der Waals surface area contributed by atoms with Gasteiger partial charge >= 0.3 is 0 Å². The van der Waals surface area contributed by atoms with Crippen LogP contribution in [-0.2, 0) is 5.41 Å². The van der Waals surface area contributed by atoms with Crippen LogP contribution in [0.5, 0.6) is 0 Å². The van der Waals surface area contributed by atoms with Gasteiger partial charge in [0.15, 0.2) is 4.77 Å². The number of aryl methyl sites for hydroxylation is 1. The van der Waals surface area contributed by atoms with Crippen molar-refractivity contribution in [2.24, 2.45) is 0 Å². The summed E-state index contributed by atoms with van der Waals surface area (Å²) in [5.74, 6) is 0. The van der Waals surface area contributed by atoms with Crippen LogP contribution in [0.2, 0.25) is 5.15 Å². The molecule has 0 aliphatic heterocycles. The molecule has 2 nitrogen and oxygen atoms in total. The molecule has 0 aromatic carbocycles. The molecule has 4 heteroatoms. The molecule has 0 unspecified atom stereocenters. The maximum atomic E-state index is 6.16. The molecular weight excluding hydrogens is 228 g/mol. The number of hydrogen-bond acceptors (Lipinski definition) is 2. The SMILES string of the molecule is CCCC(C)(C)c1c(Cl)nc(=S)[nH]c1C. The Labute approximate surface area is 101 Å². The minimum Gasteiger partial charge on any atom is -0.334 e. The van der Waals surface area contributed by atoms with Crippen LogP contribution in [0, 0.1) is 11.7 Å². The molecule has 0 spiro atoms. The second-order valence-corrected chi connectivity index (χ2v) is 5.21. The van der Waals surface area contributed by atoms with Crippen LogP contribution in [0.15, 0.2) is 0 Å². The first-order valence-corrected chi connectivity index (χ1v) is 5.94. The summed E-state index contributed by atoms with van der Waals surface area (Å²) in [6.45, 7) is 8.53. The van der Waals surface area contributed by atoms with E-state index in [1.165, 1.54) is 0 Å². The number of H-pyrrole nitrogens is 1. The van der Waals surface area contributed by atoms with Gasteiger partial charge in [0.25, 0.3) is 0 Å². The van der Waals surface area contributed by atoms with Crippen molar-refractivity contribution in [2.45, 2.75) is 46.0 Å². The summed E-state index contributed by atoms with van der Waals surface area (Å²) in [6.07, 6.45) is 2.21. The second-order valence-electron chi connectivity index (χ2n) is 4.47. The topological polar surface area (TPSA) is 28.7 Å². The molecule has 0 radical (unpaired) electrons. The fraction of sp³-hybridized carbons (Fsp3) is 0.636. The van der Waals surface area contributed by atoms with Gasteiger partial charge in [-0.15, -0.1) is 0 Å². The Kier molecular flexibility index (Phi) is 3.90. The first-order chi connectivity index (χ1) is 6.88. The maximum absolute atomic E-state index is 6.16. The maximum Gasteiger partial charge on any atom is 0.198 e. The standard InChI is InChI=1S/C11H17ClN2S/c1-5-6-11(3,4)8-7(2)13-10(15)14-9(8)12/h5-6H2,1-4H3,(H,13,14,15). The van der Waals surface area contributed by atoms with Gasteiger partial charge in [-0.3, -0.25) is 0 Å². The third kappa shape index (κ3) is 2.79. The summed E-state index contributed by atoms with van der Waals surface area (Å²) in [4.78, 5) is 7.17. The van der Waals surface area contributed by atoms with E-state index in [1.54, 1.807) is 0 Å². The Morgan fingerprint density at radius 1 is 1.47 bits per heavy atom. The molecule has 0 atom stereocenters. The molecule has 0 fully saturated rings. The van der Waals surface area contributed by atoms with E-state index in [4.69, 9.17) is 23.8 Å². The van der Waals surface area contributed by atoms with E-state index in [-0.39, 0.29) is 5.41 Å². The van der Waals surface area contributed by atoms with Gasteiger partial charge in [-0.2, -0.15) is 0 Å². The van der Waals surface area contributed by atoms with Crippen LogP contribution in [0.1, 0.15) is 44.9 Å².